The monoisotopic (exact) mass is 391 g/mol. The molecule has 0 spiro atoms. The second-order valence-corrected chi connectivity index (χ2v) is 7.02. The van der Waals surface area contributed by atoms with Gasteiger partial charge >= 0.3 is 0 Å². The lowest BCUT2D eigenvalue weighted by atomic mass is 10.0. The predicted molar refractivity (Wildman–Crippen MR) is 112 cm³/mol. The van der Waals surface area contributed by atoms with Gasteiger partial charge in [-0.05, 0) is 48.7 Å². The molecule has 1 aliphatic rings. The maximum Gasteiger partial charge on any atom is 0.252 e. The molecule has 6 heteroatoms. The summed E-state index contributed by atoms with van der Waals surface area (Å²) in [5.74, 6) is -0.375. The third kappa shape index (κ3) is 4.90. The zero-order chi connectivity index (χ0) is 20.8. The van der Waals surface area contributed by atoms with Crippen LogP contribution in [-0.4, -0.2) is 24.3 Å². The van der Waals surface area contributed by atoms with Crippen molar-refractivity contribution < 1.29 is 14.4 Å². The largest absolute Gasteiger partial charge is 0.348 e. The molecule has 1 fully saturated rings. The summed E-state index contributed by atoms with van der Waals surface area (Å²) >= 11 is 0. The van der Waals surface area contributed by atoms with Crippen LogP contribution in [0, 0.1) is 0 Å². The van der Waals surface area contributed by atoms with Crippen LogP contribution in [-0.2, 0) is 16.1 Å². The van der Waals surface area contributed by atoms with E-state index < -0.39 is 0 Å². The lowest BCUT2D eigenvalue weighted by molar-refractivity contribution is -0.117. The van der Waals surface area contributed by atoms with Crippen LogP contribution in [0.5, 0.6) is 0 Å². The molecule has 1 heterocycles. The summed E-state index contributed by atoms with van der Waals surface area (Å²) in [6.07, 6.45) is 2.65. The number of amides is 3. The first kappa shape index (κ1) is 20.3. The van der Waals surface area contributed by atoms with Crippen molar-refractivity contribution in [3.63, 3.8) is 0 Å². The molecule has 0 radical (unpaired) electrons. The Kier molecular flexibility index (Phi) is 6.44. The number of carbonyl (C=O) groups is 3. The van der Waals surface area contributed by atoms with Crippen molar-refractivity contribution in [3.05, 3.63) is 77.9 Å². The van der Waals surface area contributed by atoms with E-state index in [2.05, 4.69) is 17.2 Å². The van der Waals surface area contributed by atoms with Gasteiger partial charge in [-0.15, -0.1) is 0 Å². The average Bonchev–Trinajstić information content (AvgIpc) is 3.18. The Morgan fingerprint density at radius 2 is 2.00 bits per heavy atom. The van der Waals surface area contributed by atoms with Gasteiger partial charge in [0.25, 0.3) is 5.91 Å². The molecule has 2 aromatic rings. The molecule has 1 saturated heterocycles. The summed E-state index contributed by atoms with van der Waals surface area (Å²) in [7, 11) is 0. The third-order valence-electron chi connectivity index (χ3n) is 5.00. The van der Waals surface area contributed by atoms with E-state index in [1.165, 1.54) is 6.08 Å². The van der Waals surface area contributed by atoms with E-state index in [4.69, 9.17) is 0 Å². The summed E-state index contributed by atoms with van der Waals surface area (Å²) in [4.78, 5) is 38.1. The van der Waals surface area contributed by atoms with Crippen LogP contribution < -0.4 is 15.5 Å². The summed E-state index contributed by atoms with van der Waals surface area (Å²) in [6, 6.07) is 14.6. The van der Waals surface area contributed by atoms with E-state index >= 15 is 0 Å². The Morgan fingerprint density at radius 3 is 2.72 bits per heavy atom. The van der Waals surface area contributed by atoms with Crippen molar-refractivity contribution in [1.82, 2.24) is 10.6 Å². The maximum atomic E-state index is 12.8. The Hall–Kier alpha value is -3.41. The van der Waals surface area contributed by atoms with Crippen molar-refractivity contribution in [2.75, 3.05) is 11.4 Å². The van der Waals surface area contributed by atoms with Crippen molar-refractivity contribution in [2.24, 2.45) is 0 Å². The van der Waals surface area contributed by atoms with Crippen LogP contribution in [0.2, 0.25) is 0 Å². The van der Waals surface area contributed by atoms with Crippen LogP contribution in [0.1, 0.15) is 47.3 Å². The highest BCUT2D eigenvalue weighted by Crippen LogP contribution is 2.25. The molecule has 2 N–H and O–H groups in total. The molecule has 29 heavy (non-hydrogen) atoms. The molecule has 2 aromatic carbocycles. The van der Waals surface area contributed by atoms with Crippen LogP contribution in [0.3, 0.4) is 0 Å². The van der Waals surface area contributed by atoms with E-state index in [9.17, 15) is 14.4 Å². The number of hydrogen-bond acceptors (Lipinski definition) is 3. The van der Waals surface area contributed by atoms with E-state index in [-0.39, 0.29) is 30.3 Å². The van der Waals surface area contributed by atoms with Gasteiger partial charge in [0.15, 0.2) is 0 Å². The zero-order valence-corrected chi connectivity index (χ0v) is 16.5. The number of rotatable bonds is 7. The van der Waals surface area contributed by atoms with E-state index in [0.29, 0.717) is 12.0 Å². The number of hydrogen-bond donors (Lipinski definition) is 2. The number of anilines is 1. The van der Waals surface area contributed by atoms with Crippen molar-refractivity contribution >= 4 is 23.4 Å². The predicted octanol–water partition coefficient (Wildman–Crippen LogP) is 3.11. The minimum atomic E-state index is -0.290. The highest BCUT2D eigenvalue weighted by atomic mass is 16.2. The van der Waals surface area contributed by atoms with Gasteiger partial charge < -0.3 is 15.5 Å². The fourth-order valence-corrected chi connectivity index (χ4v) is 3.39. The molecule has 0 aromatic heterocycles. The van der Waals surface area contributed by atoms with Crippen LogP contribution in [0.15, 0.2) is 61.2 Å². The zero-order valence-electron chi connectivity index (χ0n) is 16.5. The van der Waals surface area contributed by atoms with Gasteiger partial charge in [0, 0.05) is 30.8 Å². The van der Waals surface area contributed by atoms with Crippen molar-refractivity contribution in [1.29, 1.82) is 0 Å². The van der Waals surface area contributed by atoms with Gasteiger partial charge in [-0.3, -0.25) is 14.4 Å². The molecular formula is C23H25N3O3. The van der Waals surface area contributed by atoms with E-state index in [0.717, 1.165) is 29.8 Å². The van der Waals surface area contributed by atoms with Gasteiger partial charge in [0.05, 0.1) is 6.04 Å². The molecule has 3 amide bonds. The van der Waals surface area contributed by atoms with E-state index in [1.54, 1.807) is 17.0 Å². The first-order valence-electron chi connectivity index (χ1n) is 9.69. The normalized spacial score (nSPS) is 14.4. The summed E-state index contributed by atoms with van der Waals surface area (Å²) in [5.41, 5.74) is 3.02. The SMILES string of the molecule is C=CC(=O)NCc1ccccc1C(=O)NC(C)c1cccc(N2CCCC2=O)c1. The Labute approximate surface area is 170 Å². The molecule has 1 aliphatic heterocycles. The average molecular weight is 391 g/mol. The Morgan fingerprint density at radius 1 is 1.21 bits per heavy atom. The molecular weight excluding hydrogens is 366 g/mol. The molecule has 1 unspecified atom stereocenters. The summed E-state index contributed by atoms with van der Waals surface area (Å²) in [5, 5.41) is 5.71. The molecule has 150 valence electrons. The fourth-order valence-electron chi connectivity index (χ4n) is 3.39. The quantitative estimate of drug-likeness (QED) is 0.712. The number of benzene rings is 2. The third-order valence-corrected chi connectivity index (χ3v) is 5.00. The Balaban J connectivity index is 1.72. The number of nitrogens with zero attached hydrogens (tertiary/aromatic N) is 1. The van der Waals surface area contributed by atoms with Crippen molar-refractivity contribution in [3.8, 4) is 0 Å². The van der Waals surface area contributed by atoms with Crippen LogP contribution >= 0.6 is 0 Å². The summed E-state index contributed by atoms with van der Waals surface area (Å²) in [6.45, 7) is 6.31. The van der Waals surface area contributed by atoms with Gasteiger partial charge in [-0.25, -0.2) is 0 Å². The highest BCUT2D eigenvalue weighted by Gasteiger charge is 2.22. The molecule has 0 saturated carbocycles. The van der Waals surface area contributed by atoms with Gasteiger partial charge in [-0.2, -0.15) is 0 Å². The van der Waals surface area contributed by atoms with Crippen molar-refractivity contribution in [2.45, 2.75) is 32.4 Å². The minimum Gasteiger partial charge on any atom is -0.348 e. The Bertz CT molecular complexity index is 938. The lowest BCUT2D eigenvalue weighted by Crippen LogP contribution is -2.29. The lowest BCUT2D eigenvalue weighted by Gasteiger charge is -2.20. The van der Waals surface area contributed by atoms with Gasteiger partial charge in [-0.1, -0.05) is 36.9 Å². The second kappa shape index (κ2) is 9.19. The van der Waals surface area contributed by atoms with Crippen LogP contribution in [0.25, 0.3) is 0 Å². The first-order valence-corrected chi connectivity index (χ1v) is 9.69. The smallest absolute Gasteiger partial charge is 0.252 e. The van der Waals surface area contributed by atoms with Gasteiger partial charge in [0.1, 0.15) is 0 Å². The highest BCUT2D eigenvalue weighted by molar-refractivity contribution is 5.97. The second-order valence-electron chi connectivity index (χ2n) is 7.02. The standard InChI is InChI=1S/C23H25N3O3/c1-3-21(27)24-15-18-8-4-5-11-20(18)23(29)25-16(2)17-9-6-10-19(14-17)26-13-7-12-22(26)28/h3-6,8-11,14,16H,1,7,12-13,15H2,2H3,(H,24,27)(H,25,29). The molecule has 1 atom stereocenters. The molecule has 0 aliphatic carbocycles. The van der Waals surface area contributed by atoms with E-state index in [1.807, 2.05) is 43.3 Å². The fraction of sp³-hybridized carbons (Fsp3) is 0.261. The number of carbonyl (C=O) groups excluding carboxylic acids is 3. The molecule has 3 rings (SSSR count). The summed E-state index contributed by atoms with van der Waals surface area (Å²) < 4.78 is 0. The van der Waals surface area contributed by atoms with Crippen LogP contribution in [0.4, 0.5) is 5.69 Å². The minimum absolute atomic E-state index is 0.134. The topological polar surface area (TPSA) is 78.5 Å². The number of nitrogens with one attached hydrogen (secondary N) is 2. The first-order chi connectivity index (χ1) is 14.0. The molecule has 0 bridgehead atoms. The van der Waals surface area contributed by atoms with Gasteiger partial charge in [0.2, 0.25) is 11.8 Å². The maximum absolute atomic E-state index is 12.8. The molecule has 6 nitrogen and oxygen atoms in total.